The van der Waals surface area contributed by atoms with Crippen molar-refractivity contribution in [2.75, 3.05) is 37.6 Å². The first kappa shape index (κ1) is 21.2. The fourth-order valence-electron chi connectivity index (χ4n) is 3.77. The normalized spacial score (nSPS) is 15.9. The molecule has 30 heavy (non-hydrogen) atoms. The summed E-state index contributed by atoms with van der Waals surface area (Å²) in [7, 11) is 0. The van der Waals surface area contributed by atoms with Crippen LogP contribution in [-0.2, 0) is 0 Å². The Morgan fingerprint density at radius 3 is 2.53 bits per heavy atom. The molecule has 0 bridgehead atoms. The maximum atomic E-state index is 13.2. The number of rotatable bonds is 7. The Hall–Kier alpha value is -2.08. The first-order chi connectivity index (χ1) is 14.6. The van der Waals surface area contributed by atoms with Gasteiger partial charge >= 0.3 is 0 Å². The summed E-state index contributed by atoms with van der Waals surface area (Å²) >= 11 is 8.09. The van der Waals surface area contributed by atoms with Crippen LogP contribution in [0.1, 0.15) is 23.0 Å². The molecule has 0 radical (unpaired) electrons. The van der Waals surface area contributed by atoms with Crippen LogP contribution in [0.15, 0.2) is 60.0 Å². The van der Waals surface area contributed by atoms with Crippen molar-refractivity contribution < 1.29 is 9.13 Å². The largest absolute Gasteiger partial charge is 0.483 e. The number of anilines is 1. The number of nitrogens with zero attached hydrogens (tertiary/aromatic N) is 2. The van der Waals surface area contributed by atoms with E-state index in [1.807, 2.05) is 37.3 Å². The third-order valence-corrected chi connectivity index (χ3v) is 6.76. The van der Waals surface area contributed by atoms with Gasteiger partial charge in [-0.1, -0.05) is 23.7 Å². The topological polar surface area (TPSA) is 15.7 Å². The van der Waals surface area contributed by atoms with E-state index in [2.05, 4.69) is 27.3 Å². The van der Waals surface area contributed by atoms with Crippen LogP contribution >= 0.6 is 22.9 Å². The number of aryl methyl sites for hydroxylation is 1. The molecule has 3 aromatic rings. The molecule has 1 saturated heterocycles. The lowest BCUT2D eigenvalue weighted by Crippen LogP contribution is -2.46. The Balaban J connectivity index is 1.35. The second-order valence-electron chi connectivity index (χ2n) is 7.65. The molecule has 1 aliphatic heterocycles. The van der Waals surface area contributed by atoms with Crippen molar-refractivity contribution >= 4 is 28.6 Å². The summed E-state index contributed by atoms with van der Waals surface area (Å²) in [6, 6.07) is 16.9. The van der Waals surface area contributed by atoms with Gasteiger partial charge in [-0.15, -0.1) is 11.3 Å². The van der Waals surface area contributed by atoms with Gasteiger partial charge < -0.3 is 9.64 Å². The Kier molecular flexibility index (Phi) is 6.93. The van der Waals surface area contributed by atoms with Gasteiger partial charge in [0.2, 0.25) is 0 Å². The molecular formula is C24H26ClFN2OS. The minimum atomic E-state index is -0.189. The molecular weight excluding hydrogens is 419 g/mol. The summed E-state index contributed by atoms with van der Waals surface area (Å²) in [5.41, 5.74) is 2.22. The van der Waals surface area contributed by atoms with Gasteiger partial charge in [-0.2, -0.15) is 0 Å². The van der Waals surface area contributed by atoms with E-state index in [-0.39, 0.29) is 11.9 Å². The number of piperazine rings is 1. The number of benzene rings is 2. The first-order valence-corrected chi connectivity index (χ1v) is 11.5. The third kappa shape index (κ3) is 5.34. The molecule has 0 spiro atoms. The second-order valence-corrected chi connectivity index (χ2v) is 9.04. The van der Waals surface area contributed by atoms with Crippen molar-refractivity contribution in [2.24, 2.45) is 0 Å². The molecule has 6 heteroatoms. The summed E-state index contributed by atoms with van der Waals surface area (Å²) in [6.45, 7) is 6.87. The molecule has 0 saturated carbocycles. The lowest BCUT2D eigenvalue weighted by atomic mass is 10.1. The minimum Gasteiger partial charge on any atom is -0.483 e. The average molecular weight is 445 g/mol. The Morgan fingerprint density at radius 1 is 1.07 bits per heavy atom. The molecule has 0 amide bonds. The molecule has 1 aromatic heterocycles. The SMILES string of the molecule is Cc1ccc(Cl)c(O[C@H](CCN2CCN(c3ccc(F)cc3)CC2)c2cccs2)c1. The molecule has 4 rings (SSSR count). The third-order valence-electron chi connectivity index (χ3n) is 5.49. The van der Waals surface area contributed by atoms with E-state index < -0.39 is 0 Å². The lowest BCUT2D eigenvalue weighted by molar-refractivity contribution is 0.163. The maximum absolute atomic E-state index is 13.2. The summed E-state index contributed by atoms with van der Waals surface area (Å²) in [5.74, 6) is 0.557. The highest BCUT2D eigenvalue weighted by Crippen LogP contribution is 2.33. The zero-order chi connectivity index (χ0) is 20.9. The minimum absolute atomic E-state index is 0.0144. The van der Waals surface area contributed by atoms with Gasteiger partial charge in [0.25, 0.3) is 0 Å². The van der Waals surface area contributed by atoms with Crippen LogP contribution in [0.25, 0.3) is 0 Å². The van der Waals surface area contributed by atoms with Crippen LogP contribution in [0.4, 0.5) is 10.1 Å². The number of thiophene rings is 1. The van der Waals surface area contributed by atoms with E-state index in [0.29, 0.717) is 5.02 Å². The zero-order valence-electron chi connectivity index (χ0n) is 17.1. The number of hydrogen-bond acceptors (Lipinski definition) is 4. The summed E-state index contributed by atoms with van der Waals surface area (Å²) in [4.78, 5) is 6.01. The van der Waals surface area contributed by atoms with E-state index in [4.69, 9.17) is 16.3 Å². The maximum Gasteiger partial charge on any atom is 0.139 e. The molecule has 0 aliphatic carbocycles. The van der Waals surface area contributed by atoms with Gasteiger partial charge in [-0.25, -0.2) is 4.39 Å². The van der Waals surface area contributed by atoms with Crippen LogP contribution in [0.2, 0.25) is 5.02 Å². The highest BCUT2D eigenvalue weighted by atomic mass is 35.5. The zero-order valence-corrected chi connectivity index (χ0v) is 18.6. The molecule has 3 nitrogen and oxygen atoms in total. The van der Waals surface area contributed by atoms with E-state index in [1.165, 1.54) is 17.0 Å². The monoisotopic (exact) mass is 444 g/mol. The van der Waals surface area contributed by atoms with Crippen molar-refractivity contribution in [1.29, 1.82) is 0 Å². The van der Waals surface area contributed by atoms with Gasteiger partial charge in [0.15, 0.2) is 0 Å². The summed E-state index contributed by atoms with van der Waals surface area (Å²) in [6.07, 6.45) is 0.890. The van der Waals surface area contributed by atoms with Crippen LogP contribution in [0.5, 0.6) is 5.75 Å². The van der Waals surface area contributed by atoms with Crippen LogP contribution in [-0.4, -0.2) is 37.6 Å². The Morgan fingerprint density at radius 2 is 1.83 bits per heavy atom. The van der Waals surface area contributed by atoms with Crippen LogP contribution in [0, 0.1) is 12.7 Å². The standard InChI is InChI=1S/C24H26ClFN2OS/c1-18-4-9-21(25)23(17-18)29-22(24-3-2-16-30-24)10-11-27-12-14-28(15-13-27)20-7-5-19(26)6-8-20/h2-9,16-17,22H,10-15H2,1H3/t22-/m1/s1. The highest BCUT2D eigenvalue weighted by molar-refractivity contribution is 7.10. The fraction of sp³-hybridized carbons (Fsp3) is 0.333. The first-order valence-electron chi connectivity index (χ1n) is 10.3. The van der Waals surface area contributed by atoms with Crippen LogP contribution in [0.3, 0.4) is 0 Å². The predicted octanol–water partition coefficient (Wildman–Crippen LogP) is 6.18. The van der Waals surface area contributed by atoms with Crippen molar-refractivity contribution in [3.05, 3.63) is 81.3 Å². The molecule has 0 N–H and O–H groups in total. The predicted molar refractivity (Wildman–Crippen MR) is 124 cm³/mol. The molecule has 0 unspecified atom stereocenters. The van der Waals surface area contributed by atoms with E-state index in [9.17, 15) is 4.39 Å². The number of ether oxygens (including phenoxy) is 1. The number of halogens is 2. The van der Waals surface area contributed by atoms with Crippen LogP contribution < -0.4 is 9.64 Å². The molecule has 1 fully saturated rings. The average Bonchev–Trinajstić information content (AvgIpc) is 3.29. The summed E-state index contributed by atoms with van der Waals surface area (Å²) in [5, 5.41) is 2.74. The Bertz CT molecular complexity index is 940. The van der Waals surface area contributed by atoms with E-state index >= 15 is 0 Å². The molecule has 2 aromatic carbocycles. The molecule has 1 atom stereocenters. The van der Waals surface area contributed by atoms with Gasteiger partial charge in [0.1, 0.15) is 17.7 Å². The molecule has 1 aliphatic rings. The van der Waals surface area contributed by atoms with Crippen molar-refractivity contribution in [2.45, 2.75) is 19.4 Å². The van der Waals surface area contributed by atoms with Gasteiger partial charge in [0.05, 0.1) is 5.02 Å². The molecule has 158 valence electrons. The quantitative estimate of drug-likeness (QED) is 0.432. The lowest BCUT2D eigenvalue weighted by Gasteiger charge is -2.36. The number of hydrogen-bond donors (Lipinski definition) is 0. The Labute approximate surface area is 186 Å². The van der Waals surface area contributed by atoms with E-state index in [1.54, 1.807) is 11.3 Å². The van der Waals surface area contributed by atoms with Crippen molar-refractivity contribution in [3.63, 3.8) is 0 Å². The van der Waals surface area contributed by atoms with E-state index in [0.717, 1.165) is 56.1 Å². The van der Waals surface area contributed by atoms with Gasteiger partial charge in [0, 0.05) is 49.7 Å². The van der Waals surface area contributed by atoms with Crippen molar-refractivity contribution in [3.8, 4) is 5.75 Å². The fourth-order valence-corrected chi connectivity index (χ4v) is 4.72. The van der Waals surface area contributed by atoms with Gasteiger partial charge in [-0.05, 0) is 60.3 Å². The smallest absolute Gasteiger partial charge is 0.139 e. The highest BCUT2D eigenvalue weighted by Gasteiger charge is 2.21. The second kappa shape index (κ2) is 9.82. The molecule has 2 heterocycles. The van der Waals surface area contributed by atoms with Crippen molar-refractivity contribution in [1.82, 2.24) is 4.90 Å². The summed E-state index contributed by atoms with van der Waals surface area (Å²) < 4.78 is 19.5. The van der Waals surface area contributed by atoms with Gasteiger partial charge in [-0.3, -0.25) is 4.90 Å².